The van der Waals surface area contributed by atoms with Crippen molar-refractivity contribution in [1.82, 2.24) is 0 Å². The van der Waals surface area contributed by atoms with Crippen LogP contribution in [-0.2, 0) is 17.6 Å². The van der Waals surface area contributed by atoms with E-state index in [9.17, 15) is 4.79 Å². The monoisotopic (exact) mass is 221 g/mol. The average molecular weight is 221 g/mol. The van der Waals surface area contributed by atoms with Gasteiger partial charge in [-0.2, -0.15) is 0 Å². The molecule has 0 amide bonds. The van der Waals surface area contributed by atoms with Gasteiger partial charge < -0.3 is 10.8 Å². The molecule has 1 aromatic carbocycles. The Morgan fingerprint density at radius 2 is 1.81 bits per heavy atom. The molecule has 0 aliphatic heterocycles. The minimum Gasteiger partial charge on any atom is -0.481 e. The number of rotatable bonds is 5. The highest BCUT2D eigenvalue weighted by atomic mass is 16.4. The quantitative estimate of drug-likeness (QED) is 0.797. The molecule has 0 fully saturated rings. The molecule has 1 rings (SSSR count). The molecule has 0 saturated carbocycles. The van der Waals surface area contributed by atoms with Gasteiger partial charge in [-0.05, 0) is 30.9 Å². The maximum Gasteiger partial charge on any atom is 0.310 e. The largest absolute Gasteiger partial charge is 0.481 e. The van der Waals surface area contributed by atoms with Crippen molar-refractivity contribution in [3.8, 4) is 0 Å². The SMILES string of the molecule is CCc1ccc(C[C@@](C)(CN)C(=O)O)cc1. The molecule has 0 aliphatic carbocycles. The van der Waals surface area contributed by atoms with Crippen LogP contribution in [0.25, 0.3) is 0 Å². The predicted octanol–water partition coefficient (Wildman–Crippen LogP) is 1.84. The van der Waals surface area contributed by atoms with Gasteiger partial charge in [-0.3, -0.25) is 4.79 Å². The number of carboxylic acid groups (broad SMARTS) is 1. The van der Waals surface area contributed by atoms with Crippen LogP contribution in [0.5, 0.6) is 0 Å². The summed E-state index contributed by atoms with van der Waals surface area (Å²) in [6, 6.07) is 8.04. The van der Waals surface area contributed by atoms with Crippen LogP contribution in [0.3, 0.4) is 0 Å². The summed E-state index contributed by atoms with van der Waals surface area (Å²) in [4.78, 5) is 11.1. The number of carboxylic acids is 1. The Hall–Kier alpha value is -1.35. The van der Waals surface area contributed by atoms with E-state index in [0.717, 1.165) is 12.0 Å². The van der Waals surface area contributed by atoms with Crippen molar-refractivity contribution >= 4 is 5.97 Å². The average Bonchev–Trinajstić information content (AvgIpc) is 2.29. The molecule has 0 bridgehead atoms. The van der Waals surface area contributed by atoms with E-state index in [1.54, 1.807) is 6.92 Å². The zero-order valence-electron chi connectivity index (χ0n) is 9.86. The van der Waals surface area contributed by atoms with Crippen molar-refractivity contribution < 1.29 is 9.90 Å². The lowest BCUT2D eigenvalue weighted by Crippen LogP contribution is -2.37. The van der Waals surface area contributed by atoms with Crippen molar-refractivity contribution in [3.63, 3.8) is 0 Å². The van der Waals surface area contributed by atoms with E-state index in [0.29, 0.717) is 6.42 Å². The number of benzene rings is 1. The van der Waals surface area contributed by atoms with Gasteiger partial charge in [0.15, 0.2) is 0 Å². The van der Waals surface area contributed by atoms with Crippen LogP contribution in [0, 0.1) is 5.41 Å². The van der Waals surface area contributed by atoms with E-state index < -0.39 is 11.4 Å². The molecule has 1 aromatic rings. The van der Waals surface area contributed by atoms with Gasteiger partial charge in [0, 0.05) is 6.54 Å². The van der Waals surface area contributed by atoms with E-state index in [4.69, 9.17) is 10.8 Å². The van der Waals surface area contributed by atoms with Crippen LogP contribution < -0.4 is 5.73 Å². The van der Waals surface area contributed by atoms with E-state index in [-0.39, 0.29) is 6.54 Å². The number of nitrogens with two attached hydrogens (primary N) is 1. The molecule has 0 saturated heterocycles. The maximum absolute atomic E-state index is 11.1. The number of hydrogen-bond acceptors (Lipinski definition) is 2. The first-order valence-electron chi connectivity index (χ1n) is 5.53. The molecule has 3 N–H and O–H groups in total. The highest BCUT2D eigenvalue weighted by molar-refractivity contribution is 5.74. The van der Waals surface area contributed by atoms with Gasteiger partial charge in [0.2, 0.25) is 0 Å². The normalized spacial score (nSPS) is 14.4. The molecule has 3 heteroatoms. The number of carbonyl (C=O) groups is 1. The topological polar surface area (TPSA) is 63.3 Å². The van der Waals surface area contributed by atoms with Crippen LogP contribution in [0.4, 0.5) is 0 Å². The molecule has 0 aromatic heterocycles. The Labute approximate surface area is 96.3 Å². The van der Waals surface area contributed by atoms with Gasteiger partial charge in [0.25, 0.3) is 0 Å². The number of aryl methyl sites for hydroxylation is 1. The third-order valence-electron chi connectivity index (χ3n) is 2.99. The van der Waals surface area contributed by atoms with Crippen LogP contribution in [0.15, 0.2) is 24.3 Å². The highest BCUT2D eigenvalue weighted by Gasteiger charge is 2.31. The molecule has 16 heavy (non-hydrogen) atoms. The summed E-state index contributed by atoms with van der Waals surface area (Å²) in [5.74, 6) is -0.838. The highest BCUT2D eigenvalue weighted by Crippen LogP contribution is 2.22. The van der Waals surface area contributed by atoms with Crippen LogP contribution in [0.1, 0.15) is 25.0 Å². The summed E-state index contributed by atoms with van der Waals surface area (Å²) in [7, 11) is 0. The first-order valence-corrected chi connectivity index (χ1v) is 5.53. The molecular weight excluding hydrogens is 202 g/mol. The Morgan fingerprint density at radius 3 is 2.19 bits per heavy atom. The Kier molecular flexibility index (Phi) is 4.07. The second kappa shape index (κ2) is 5.12. The van der Waals surface area contributed by atoms with Gasteiger partial charge in [0.05, 0.1) is 5.41 Å². The summed E-state index contributed by atoms with van der Waals surface area (Å²) in [5.41, 5.74) is 6.94. The van der Waals surface area contributed by atoms with Gasteiger partial charge in [-0.15, -0.1) is 0 Å². The molecule has 0 spiro atoms. The summed E-state index contributed by atoms with van der Waals surface area (Å²) in [6.45, 7) is 3.93. The summed E-state index contributed by atoms with van der Waals surface area (Å²) >= 11 is 0. The molecule has 0 unspecified atom stereocenters. The van der Waals surface area contributed by atoms with E-state index in [2.05, 4.69) is 6.92 Å². The van der Waals surface area contributed by atoms with E-state index in [1.807, 2.05) is 24.3 Å². The molecule has 0 radical (unpaired) electrons. The first-order chi connectivity index (χ1) is 7.51. The van der Waals surface area contributed by atoms with Crippen molar-refractivity contribution in [2.75, 3.05) is 6.54 Å². The van der Waals surface area contributed by atoms with E-state index >= 15 is 0 Å². The summed E-state index contributed by atoms with van der Waals surface area (Å²) in [6.07, 6.45) is 1.47. The third-order valence-corrected chi connectivity index (χ3v) is 2.99. The molecule has 0 heterocycles. The van der Waals surface area contributed by atoms with Crippen LogP contribution >= 0.6 is 0 Å². The maximum atomic E-state index is 11.1. The molecule has 0 aliphatic rings. The fraction of sp³-hybridized carbons (Fsp3) is 0.462. The Morgan fingerprint density at radius 1 is 1.31 bits per heavy atom. The van der Waals surface area contributed by atoms with E-state index in [1.165, 1.54) is 5.56 Å². The zero-order valence-corrected chi connectivity index (χ0v) is 9.86. The van der Waals surface area contributed by atoms with Gasteiger partial charge >= 0.3 is 5.97 Å². The molecular formula is C13H19NO2. The fourth-order valence-electron chi connectivity index (χ4n) is 1.58. The van der Waals surface area contributed by atoms with Crippen LogP contribution in [0.2, 0.25) is 0 Å². The van der Waals surface area contributed by atoms with Crippen molar-refractivity contribution in [2.24, 2.45) is 11.1 Å². The fourth-order valence-corrected chi connectivity index (χ4v) is 1.58. The molecule has 3 nitrogen and oxygen atoms in total. The Balaban J connectivity index is 2.82. The van der Waals surface area contributed by atoms with Crippen molar-refractivity contribution in [1.29, 1.82) is 0 Å². The molecule has 1 atom stereocenters. The summed E-state index contributed by atoms with van der Waals surface area (Å²) < 4.78 is 0. The summed E-state index contributed by atoms with van der Waals surface area (Å²) in [5, 5.41) is 9.11. The first kappa shape index (κ1) is 12.7. The van der Waals surface area contributed by atoms with Crippen molar-refractivity contribution in [2.45, 2.75) is 26.7 Å². The lowest BCUT2D eigenvalue weighted by atomic mass is 9.83. The van der Waals surface area contributed by atoms with Gasteiger partial charge in [0.1, 0.15) is 0 Å². The van der Waals surface area contributed by atoms with Crippen LogP contribution in [-0.4, -0.2) is 17.6 Å². The second-order valence-electron chi connectivity index (χ2n) is 4.42. The number of hydrogen-bond donors (Lipinski definition) is 2. The standard InChI is InChI=1S/C13H19NO2/c1-3-10-4-6-11(7-5-10)8-13(2,9-14)12(15)16/h4-7H,3,8-9,14H2,1-2H3,(H,15,16)/t13-/m0/s1. The predicted molar refractivity (Wildman–Crippen MR) is 64.3 cm³/mol. The third kappa shape index (κ3) is 2.83. The minimum atomic E-state index is -0.867. The molecule has 88 valence electrons. The second-order valence-corrected chi connectivity index (χ2v) is 4.42. The zero-order chi connectivity index (χ0) is 12.2. The smallest absolute Gasteiger partial charge is 0.310 e. The van der Waals surface area contributed by atoms with Gasteiger partial charge in [-0.1, -0.05) is 31.2 Å². The Bertz CT molecular complexity index is 359. The minimum absolute atomic E-state index is 0.151. The lowest BCUT2D eigenvalue weighted by molar-refractivity contribution is -0.147. The lowest BCUT2D eigenvalue weighted by Gasteiger charge is -2.22. The number of aliphatic carboxylic acids is 1. The van der Waals surface area contributed by atoms with Gasteiger partial charge in [-0.25, -0.2) is 0 Å². The van der Waals surface area contributed by atoms with Crippen molar-refractivity contribution in [3.05, 3.63) is 35.4 Å².